The second-order valence-corrected chi connectivity index (χ2v) is 5.22. The molecular formula is C12H22O. The van der Waals surface area contributed by atoms with Gasteiger partial charge >= 0.3 is 0 Å². The quantitative estimate of drug-likeness (QED) is 0.652. The molecule has 1 heteroatoms. The van der Waals surface area contributed by atoms with Gasteiger partial charge < -0.3 is 0 Å². The highest BCUT2D eigenvalue weighted by Gasteiger charge is 2.34. The van der Waals surface area contributed by atoms with E-state index in [2.05, 4.69) is 13.8 Å². The third-order valence-electron chi connectivity index (χ3n) is 3.01. The highest BCUT2D eigenvalue weighted by Crippen LogP contribution is 2.39. The van der Waals surface area contributed by atoms with Crippen molar-refractivity contribution >= 4 is 5.78 Å². The summed E-state index contributed by atoms with van der Waals surface area (Å²) in [4.78, 5) is 11.6. The second-order valence-electron chi connectivity index (χ2n) is 5.22. The summed E-state index contributed by atoms with van der Waals surface area (Å²) in [6.07, 6.45) is 3.63. The first-order chi connectivity index (χ1) is 6.00. The van der Waals surface area contributed by atoms with Gasteiger partial charge in [-0.3, -0.25) is 4.79 Å². The molecule has 13 heavy (non-hydrogen) atoms. The molecule has 1 aliphatic rings. The van der Waals surface area contributed by atoms with Crippen LogP contribution in [0.2, 0.25) is 0 Å². The molecule has 0 atom stereocenters. The molecule has 0 aromatic carbocycles. The smallest absolute Gasteiger partial charge is 0.138 e. The molecule has 0 bridgehead atoms. The first-order valence-corrected chi connectivity index (χ1v) is 5.54. The zero-order valence-corrected chi connectivity index (χ0v) is 9.34. The van der Waals surface area contributed by atoms with E-state index in [4.69, 9.17) is 0 Å². The third-order valence-corrected chi connectivity index (χ3v) is 3.01. The van der Waals surface area contributed by atoms with E-state index in [1.54, 1.807) is 0 Å². The zero-order valence-electron chi connectivity index (χ0n) is 9.34. The van der Waals surface area contributed by atoms with Crippen LogP contribution >= 0.6 is 0 Å². The maximum absolute atomic E-state index is 11.6. The Bertz CT molecular complexity index is 176. The van der Waals surface area contributed by atoms with Gasteiger partial charge in [0.05, 0.1) is 0 Å². The lowest BCUT2D eigenvalue weighted by molar-refractivity contribution is -0.130. The minimum Gasteiger partial charge on any atom is -0.299 e. The summed E-state index contributed by atoms with van der Waals surface area (Å²) >= 11 is 0. The van der Waals surface area contributed by atoms with Gasteiger partial charge in [-0.15, -0.1) is 0 Å². The highest BCUT2D eigenvalue weighted by molar-refractivity contribution is 5.83. The van der Waals surface area contributed by atoms with E-state index >= 15 is 0 Å². The van der Waals surface area contributed by atoms with Gasteiger partial charge in [-0.1, -0.05) is 27.7 Å². The molecule has 0 aromatic heterocycles. The molecule has 1 saturated carbocycles. The van der Waals surface area contributed by atoms with Crippen molar-refractivity contribution in [3.8, 4) is 0 Å². The number of carbonyl (C=O) groups excluding carboxylic acids is 1. The predicted octanol–water partition coefficient (Wildman–Crippen LogP) is 3.28. The summed E-state index contributed by atoms with van der Waals surface area (Å²) in [6, 6.07) is 0. The SMILES string of the molecule is CC(C)C[C@H]1C[C@H](C(=O)C(C)C)C1. The Morgan fingerprint density at radius 2 is 1.77 bits per heavy atom. The Morgan fingerprint density at radius 1 is 1.23 bits per heavy atom. The van der Waals surface area contributed by atoms with Crippen molar-refractivity contribution in [3.63, 3.8) is 0 Å². The fraction of sp³-hybridized carbons (Fsp3) is 0.917. The summed E-state index contributed by atoms with van der Waals surface area (Å²) in [6.45, 7) is 8.55. The van der Waals surface area contributed by atoms with Crippen LogP contribution in [0, 0.1) is 23.7 Å². The van der Waals surface area contributed by atoms with Gasteiger partial charge in [0, 0.05) is 11.8 Å². The van der Waals surface area contributed by atoms with Gasteiger partial charge in [0.15, 0.2) is 0 Å². The van der Waals surface area contributed by atoms with Gasteiger partial charge in [-0.05, 0) is 31.1 Å². The van der Waals surface area contributed by atoms with Crippen LogP contribution in [-0.2, 0) is 4.79 Å². The number of carbonyl (C=O) groups is 1. The molecule has 1 aliphatic carbocycles. The number of rotatable bonds is 4. The van der Waals surface area contributed by atoms with Crippen LogP contribution < -0.4 is 0 Å². The van der Waals surface area contributed by atoms with Crippen molar-refractivity contribution in [2.75, 3.05) is 0 Å². The Labute approximate surface area is 81.9 Å². The molecule has 0 amide bonds. The summed E-state index contributed by atoms with van der Waals surface area (Å²) in [5, 5.41) is 0. The minimum absolute atomic E-state index is 0.241. The van der Waals surface area contributed by atoms with E-state index in [-0.39, 0.29) is 5.92 Å². The molecule has 0 spiro atoms. The van der Waals surface area contributed by atoms with Crippen molar-refractivity contribution in [3.05, 3.63) is 0 Å². The lowest BCUT2D eigenvalue weighted by Gasteiger charge is -2.36. The molecule has 0 radical (unpaired) electrons. The Morgan fingerprint density at radius 3 is 2.15 bits per heavy atom. The maximum atomic E-state index is 11.6. The average molecular weight is 182 g/mol. The summed E-state index contributed by atoms with van der Waals surface area (Å²) in [5.74, 6) is 2.77. The van der Waals surface area contributed by atoms with Crippen LogP contribution in [0.4, 0.5) is 0 Å². The Balaban J connectivity index is 2.22. The fourth-order valence-corrected chi connectivity index (χ4v) is 2.30. The van der Waals surface area contributed by atoms with E-state index < -0.39 is 0 Å². The molecular weight excluding hydrogens is 160 g/mol. The van der Waals surface area contributed by atoms with Crippen molar-refractivity contribution < 1.29 is 4.79 Å². The predicted molar refractivity (Wildman–Crippen MR) is 55.5 cm³/mol. The van der Waals surface area contributed by atoms with Gasteiger partial charge in [0.1, 0.15) is 5.78 Å². The van der Waals surface area contributed by atoms with E-state index in [9.17, 15) is 4.79 Å². The first kappa shape index (κ1) is 10.7. The van der Waals surface area contributed by atoms with E-state index in [1.165, 1.54) is 6.42 Å². The summed E-state index contributed by atoms with van der Waals surface area (Å²) < 4.78 is 0. The third kappa shape index (κ3) is 2.82. The van der Waals surface area contributed by atoms with E-state index in [0.29, 0.717) is 11.7 Å². The lowest BCUT2D eigenvalue weighted by atomic mass is 9.68. The topological polar surface area (TPSA) is 17.1 Å². The summed E-state index contributed by atoms with van der Waals surface area (Å²) in [5.41, 5.74) is 0. The molecule has 0 heterocycles. The van der Waals surface area contributed by atoms with Crippen molar-refractivity contribution in [2.45, 2.75) is 47.0 Å². The monoisotopic (exact) mass is 182 g/mol. The second kappa shape index (κ2) is 4.26. The molecule has 0 unspecified atom stereocenters. The van der Waals surface area contributed by atoms with Crippen molar-refractivity contribution in [1.82, 2.24) is 0 Å². The van der Waals surface area contributed by atoms with Gasteiger partial charge in [0.2, 0.25) is 0 Å². The van der Waals surface area contributed by atoms with Crippen LogP contribution in [0.3, 0.4) is 0 Å². The normalized spacial score (nSPS) is 27.8. The standard InChI is InChI=1S/C12H22O/c1-8(2)5-10-6-11(7-10)12(13)9(3)4/h8-11H,5-7H2,1-4H3/t10-,11-. The van der Waals surface area contributed by atoms with Gasteiger partial charge in [0.25, 0.3) is 0 Å². The van der Waals surface area contributed by atoms with Crippen LogP contribution in [0.5, 0.6) is 0 Å². The molecule has 1 fully saturated rings. The number of hydrogen-bond acceptors (Lipinski definition) is 1. The van der Waals surface area contributed by atoms with E-state index in [1.807, 2.05) is 13.8 Å². The molecule has 0 aromatic rings. The molecule has 76 valence electrons. The molecule has 0 saturated heterocycles. The lowest BCUT2D eigenvalue weighted by Crippen LogP contribution is -2.33. The average Bonchev–Trinajstić information content (AvgIpc) is 1.94. The van der Waals surface area contributed by atoms with Crippen LogP contribution in [0.15, 0.2) is 0 Å². The zero-order chi connectivity index (χ0) is 10.0. The Hall–Kier alpha value is -0.330. The van der Waals surface area contributed by atoms with Gasteiger partial charge in [-0.25, -0.2) is 0 Å². The molecule has 1 rings (SSSR count). The molecule has 0 aliphatic heterocycles. The highest BCUT2D eigenvalue weighted by atomic mass is 16.1. The van der Waals surface area contributed by atoms with Crippen LogP contribution in [-0.4, -0.2) is 5.78 Å². The number of hydrogen-bond donors (Lipinski definition) is 0. The van der Waals surface area contributed by atoms with Crippen LogP contribution in [0.25, 0.3) is 0 Å². The van der Waals surface area contributed by atoms with Crippen molar-refractivity contribution in [2.24, 2.45) is 23.7 Å². The number of Topliss-reactive ketones (excluding diaryl/α,β-unsaturated/α-hetero) is 1. The van der Waals surface area contributed by atoms with Crippen molar-refractivity contribution in [1.29, 1.82) is 0 Å². The maximum Gasteiger partial charge on any atom is 0.138 e. The van der Waals surface area contributed by atoms with Crippen LogP contribution in [0.1, 0.15) is 47.0 Å². The molecule has 1 nitrogen and oxygen atoms in total. The minimum atomic E-state index is 0.241. The largest absolute Gasteiger partial charge is 0.299 e. The first-order valence-electron chi connectivity index (χ1n) is 5.54. The fourth-order valence-electron chi connectivity index (χ4n) is 2.30. The van der Waals surface area contributed by atoms with E-state index in [0.717, 1.165) is 24.7 Å². The van der Waals surface area contributed by atoms with Gasteiger partial charge in [-0.2, -0.15) is 0 Å². The number of ketones is 1. The Kier molecular flexibility index (Phi) is 3.52. The molecule has 0 N–H and O–H groups in total. The summed E-state index contributed by atoms with van der Waals surface area (Å²) in [7, 11) is 0.